The minimum absolute atomic E-state index is 0.574. The smallest absolute Gasteiger partial charge is 0.136 e. The highest BCUT2D eigenvalue weighted by atomic mass is 15.2. The molecule has 17 heavy (non-hydrogen) atoms. The molecular formula is C12H21N5. The third-order valence-corrected chi connectivity index (χ3v) is 3.48. The fourth-order valence-electron chi connectivity index (χ4n) is 2.49. The van der Waals surface area contributed by atoms with Crippen LogP contribution in [0, 0.1) is 12.8 Å². The molecule has 1 saturated heterocycles. The fraction of sp³-hybridized carbons (Fsp3) is 0.667. The highest BCUT2D eigenvalue weighted by molar-refractivity contribution is 5.55. The topological polar surface area (TPSA) is 58.3 Å². The third kappa shape index (κ3) is 2.66. The molecule has 5 nitrogen and oxygen atoms in total. The SMILES string of the molecule is Cc1c(N)ncnc1N(C)CC1CCN(C)C1. The Morgan fingerprint density at radius 1 is 1.53 bits per heavy atom. The van der Waals surface area contributed by atoms with Crippen LogP contribution in [-0.4, -0.2) is 48.6 Å². The Labute approximate surface area is 103 Å². The first-order valence-corrected chi connectivity index (χ1v) is 6.04. The zero-order valence-electron chi connectivity index (χ0n) is 10.8. The van der Waals surface area contributed by atoms with Crippen molar-refractivity contribution in [3.05, 3.63) is 11.9 Å². The van der Waals surface area contributed by atoms with E-state index in [-0.39, 0.29) is 0 Å². The van der Waals surface area contributed by atoms with Crippen LogP contribution in [0.5, 0.6) is 0 Å². The van der Waals surface area contributed by atoms with Gasteiger partial charge >= 0.3 is 0 Å². The standard InChI is InChI=1S/C12H21N5/c1-9-11(13)14-8-15-12(9)17(3)7-10-4-5-16(2)6-10/h8,10H,4-7H2,1-3H3,(H2,13,14,15). The van der Waals surface area contributed by atoms with Crippen LogP contribution in [-0.2, 0) is 0 Å². The number of rotatable bonds is 3. The maximum Gasteiger partial charge on any atom is 0.136 e. The van der Waals surface area contributed by atoms with Crippen LogP contribution >= 0.6 is 0 Å². The van der Waals surface area contributed by atoms with E-state index in [1.807, 2.05) is 6.92 Å². The van der Waals surface area contributed by atoms with Gasteiger partial charge in [-0.15, -0.1) is 0 Å². The second-order valence-corrected chi connectivity index (χ2v) is 5.00. The predicted molar refractivity (Wildman–Crippen MR) is 70.1 cm³/mol. The molecule has 94 valence electrons. The van der Waals surface area contributed by atoms with Crippen LogP contribution in [0.1, 0.15) is 12.0 Å². The summed E-state index contributed by atoms with van der Waals surface area (Å²) in [5.41, 5.74) is 6.78. The first-order chi connectivity index (χ1) is 8.08. The van der Waals surface area contributed by atoms with E-state index in [9.17, 15) is 0 Å². The highest BCUT2D eigenvalue weighted by Crippen LogP contribution is 2.22. The lowest BCUT2D eigenvalue weighted by Gasteiger charge is -2.23. The van der Waals surface area contributed by atoms with E-state index in [2.05, 4.69) is 33.9 Å². The molecule has 0 bridgehead atoms. The van der Waals surface area contributed by atoms with Crippen LogP contribution in [0.3, 0.4) is 0 Å². The van der Waals surface area contributed by atoms with Gasteiger partial charge < -0.3 is 15.5 Å². The molecule has 5 heteroatoms. The molecule has 0 amide bonds. The van der Waals surface area contributed by atoms with Gasteiger partial charge in [-0.25, -0.2) is 9.97 Å². The van der Waals surface area contributed by atoms with Gasteiger partial charge in [-0.2, -0.15) is 0 Å². The van der Waals surface area contributed by atoms with Gasteiger partial charge in [0.25, 0.3) is 0 Å². The van der Waals surface area contributed by atoms with E-state index < -0.39 is 0 Å². The van der Waals surface area contributed by atoms with Gasteiger partial charge in [-0.1, -0.05) is 0 Å². The largest absolute Gasteiger partial charge is 0.383 e. The van der Waals surface area contributed by atoms with Gasteiger partial charge in [0.2, 0.25) is 0 Å². The second-order valence-electron chi connectivity index (χ2n) is 5.00. The van der Waals surface area contributed by atoms with Crippen molar-refractivity contribution in [2.24, 2.45) is 5.92 Å². The summed E-state index contributed by atoms with van der Waals surface area (Å²) in [6, 6.07) is 0. The molecule has 0 spiro atoms. The quantitative estimate of drug-likeness (QED) is 0.838. The number of hydrogen-bond acceptors (Lipinski definition) is 5. The van der Waals surface area contributed by atoms with Gasteiger partial charge in [0.05, 0.1) is 0 Å². The number of nitrogen functional groups attached to an aromatic ring is 1. The Hall–Kier alpha value is -1.36. The van der Waals surface area contributed by atoms with Crippen LogP contribution < -0.4 is 10.6 Å². The molecule has 1 aromatic rings. The number of nitrogens with two attached hydrogens (primary N) is 1. The minimum atomic E-state index is 0.574. The van der Waals surface area contributed by atoms with Crippen LogP contribution in [0.25, 0.3) is 0 Å². The number of anilines is 2. The maximum absolute atomic E-state index is 5.80. The third-order valence-electron chi connectivity index (χ3n) is 3.48. The summed E-state index contributed by atoms with van der Waals surface area (Å²) < 4.78 is 0. The van der Waals surface area contributed by atoms with Crippen molar-refractivity contribution < 1.29 is 0 Å². The number of aromatic nitrogens is 2. The summed E-state index contributed by atoms with van der Waals surface area (Å²) >= 11 is 0. The van der Waals surface area contributed by atoms with Gasteiger partial charge in [0.1, 0.15) is 18.0 Å². The van der Waals surface area contributed by atoms with Crippen molar-refractivity contribution in [1.29, 1.82) is 0 Å². The number of nitrogens with zero attached hydrogens (tertiary/aromatic N) is 4. The molecule has 0 aliphatic carbocycles. The molecule has 0 radical (unpaired) electrons. The highest BCUT2D eigenvalue weighted by Gasteiger charge is 2.22. The summed E-state index contributed by atoms with van der Waals surface area (Å²) in [7, 11) is 4.25. The Morgan fingerprint density at radius 3 is 2.94 bits per heavy atom. The van der Waals surface area contributed by atoms with Crippen LogP contribution in [0.15, 0.2) is 6.33 Å². The molecule has 1 aliphatic heterocycles. The fourth-order valence-corrected chi connectivity index (χ4v) is 2.49. The van der Waals surface area contributed by atoms with Gasteiger partial charge in [0, 0.05) is 25.7 Å². The zero-order chi connectivity index (χ0) is 12.4. The second kappa shape index (κ2) is 4.87. The lowest BCUT2D eigenvalue weighted by atomic mass is 10.1. The summed E-state index contributed by atoms with van der Waals surface area (Å²) in [6.45, 7) is 5.37. The van der Waals surface area contributed by atoms with Gasteiger partial charge in [0.15, 0.2) is 0 Å². The zero-order valence-corrected chi connectivity index (χ0v) is 10.8. The van der Waals surface area contributed by atoms with Crippen molar-refractivity contribution in [3.8, 4) is 0 Å². The van der Waals surface area contributed by atoms with E-state index in [4.69, 9.17) is 5.73 Å². The Balaban J connectivity index is 2.04. The van der Waals surface area contributed by atoms with Crippen LogP contribution in [0.4, 0.5) is 11.6 Å². The first kappa shape index (κ1) is 12.1. The van der Waals surface area contributed by atoms with E-state index >= 15 is 0 Å². The molecule has 1 aromatic heterocycles. The molecule has 0 aromatic carbocycles. The first-order valence-electron chi connectivity index (χ1n) is 6.04. The van der Waals surface area contributed by atoms with Gasteiger partial charge in [-0.05, 0) is 32.9 Å². The molecule has 2 heterocycles. The van der Waals surface area contributed by atoms with Crippen molar-refractivity contribution in [2.45, 2.75) is 13.3 Å². The van der Waals surface area contributed by atoms with Crippen molar-refractivity contribution in [2.75, 3.05) is 44.4 Å². The van der Waals surface area contributed by atoms with Gasteiger partial charge in [-0.3, -0.25) is 0 Å². The molecule has 1 fully saturated rings. The lowest BCUT2D eigenvalue weighted by Crippen LogP contribution is -2.28. The lowest BCUT2D eigenvalue weighted by molar-refractivity contribution is 0.395. The monoisotopic (exact) mass is 235 g/mol. The molecule has 1 aliphatic rings. The van der Waals surface area contributed by atoms with E-state index in [1.165, 1.54) is 25.8 Å². The van der Waals surface area contributed by atoms with Crippen molar-refractivity contribution in [3.63, 3.8) is 0 Å². The average Bonchev–Trinajstić information content (AvgIpc) is 2.68. The summed E-state index contributed by atoms with van der Waals surface area (Å²) in [6.07, 6.45) is 2.80. The molecule has 2 N–H and O–H groups in total. The molecule has 1 unspecified atom stereocenters. The number of likely N-dealkylation sites (tertiary alicyclic amines) is 1. The Kier molecular flexibility index (Phi) is 3.47. The summed E-state index contributed by atoms with van der Waals surface area (Å²) in [5, 5.41) is 0. The summed E-state index contributed by atoms with van der Waals surface area (Å²) in [5.74, 6) is 2.25. The van der Waals surface area contributed by atoms with Crippen molar-refractivity contribution in [1.82, 2.24) is 14.9 Å². The molecule has 1 atom stereocenters. The normalized spacial score (nSPS) is 20.8. The van der Waals surface area contributed by atoms with Crippen molar-refractivity contribution >= 4 is 11.6 Å². The maximum atomic E-state index is 5.80. The Bertz CT molecular complexity index is 392. The van der Waals surface area contributed by atoms with E-state index in [0.717, 1.165) is 23.8 Å². The van der Waals surface area contributed by atoms with Crippen LogP contribution in [0.2, 0.25) is 0 Å². The molecule has 2 rings (SSSR count). The van der Waals surface area contributed by atoms with E-state index in [0.29, 0.717) is 5.82 Å². The predicted octanol–water partition coefficient (Wildman–Crippen LogP) is 0.755. The summed E-state index contributed by atoms with van der Waals surface area (Å²) in [4.78, 5) is 12.9. The van der Waals surface area contributed by atoms with E-state index in [1.54, 1.807) is 0 Å². The average molecular weight is 235 g/mol. The molecular weight excluding hydrogens is 214 g/mol. The Morgan fingerprint density at radius 2 is 2.29 bits per heavy atom. The number of hydrogen-bond donors (Lipinski definition) is 1. The minimum Gasteiger partial charge on any atom is -0.383 e. The molecule has 0 saturated carbocycles.